The van der Waals surface area contributed by atoms with Gasteiger partial charge in [-0.1, -0.05) is 15.9 Å². The van der Waals surface area contributed by atoms with E-state index in [1.54, 1.807) is 36.4 Å². The highest BCUT2D eigenvalue weighted by molar-refractivity contribution is 9.10. The van der Waals surface area contributed by atoms with Gasteiger partial charge in [0.1, 0.15) is 11.3 Å². The summed E-state index contributed by atoms with van der Waals surface area (Å²) in [5.41, 5.74) is -1.27. The summed E-state index contributed by atoms with van der Waals surface area (Å²) in [6.45, 7) is 0. The van der Waals surface area contributed by atoms with Gasteiger partial charge in [0.25, 0.3) is 5.56 Å². The van der Waals surface area contributed by atoms with Gasteiger partial charge in [0, 0.05) is 10.2 Å². The number of amides is 2. The third kappa shape index (κ3) is 4.61. The van der Waals surface area contributed by atoms with Crippen molar-refractivity contribution in [3.63, 3.8) is 0 Å². The van der Waals surface area contributed by atoms with Crippen molar-refractivity contribution in [2.24, 2.45) is 4.99 Å². The van der Waals surface area contributed by atoms with Gasteiger partial charge in [-0.15, -0.1) is 0 Å². The molecular formula is C19H15BrN4O5. The van der Waals surface area contributed by atoms with Crippen LogP contribution in [0.4, 0.5) is 10.5 Å². The highest BCUT2D eigenvalue weighted by Gasteiger charge is 2.14. The van der Waals surface area contributed by atoms with Crippen LogP contribution < -0.4 is 21.3 Å². The molecule has 0 saturated heterocycles. The van der Waals surface area contributed by atoms with Crippen molar-refractivity contribution in [2.75, 3.05) is 12.4 Å². The number of aromatic nitrogens is 2. The number of carbonyl (C=O) groups excluding carboxylic acids is 1. The van der Waals surface area contributed by atoms with Gasteiger partial charge in [0.15, 0.2) is 0 Å². The Balaban J connectivity index is 1.91. The summed E-state index contributed by atoms with van der Waals surface area (Å²) in [6, 6.07) is 12.3. The number of urea groups is 1. The third-order valence-corrected chi connectivity index (χ3v) is 4.39. The average Bonchev–Trinajstić information content (AvgIpc) is 2.70. The summed E-state index contributed by atoms with van der Waals surface area (Å²) in [5.74, 6) is -0.0961. The molecule has 9 nitrogen and oxygen atoms in total. The van der Waals surface area contributed by atoms with Crippen molar-refractivity contribution in [1.29, 1.82) is 0 Å². The second kappa shape index (κ2) is 8.57. The number of hydrogen-bond donors (Lipinski definition) is 3. The predicted octanol–water partition coefficient (Wildman–Crippen LogP) is 2.65. The van der Waals surface area contributed by atoms with Gasteiger partial charge in [-0.05, 0) is 48.5 Å². The van der Waals surface area contributed by atoms with E-state index in [1.165, 1.54) is 19.2 Å². The van der Waals surface area contributed by atoms with Crippen LogP contribution >= 0.6 is 15.9 Å². The number of nitrogens with zero attached hydrogens (tertiary/aromatic N) is 2. The van der Waals surface area contributed by atoms with E-state index >= 15 is 0 Å². The molecule has 0 fully saturated rings. The molecule has 0 saturated carbocycles. The van der Waals surface area contributed by atoms with Gasteiger partial charge in [-0.25, -0.2) is 19.1 Å². The number of anilines is 1. The molecule has 0 aliphatic rings. The first-order valence-corrected chi connectivity index (χ1v) is 9.01. The van der Waals surface area contributed by atoms with Gasteiger partial charge in [0.05, 0.1) is 19.0 Å². The smallest absolute Gasteiger partial charge is 0.345 e. The zero-order valence-corrected chi connectivity index (χ0v) is 16.6. The largest absolute Gasteiger partial charge is 0.497 e. The monoisotopic (exact) mass is 458 g/mol. The van der Waals surface area contributed by atoms with Crippen LogP contribution in [0.15, 0.2) is 67.6 Å². The van der Waals surface area contributed by atoms with E-state index in [1.807, 2.05) is 0 Å². The number of benzene rings is 2. The van der Waals surface area contributed by atoms with Crippen LogP contribution in [-0.4, -0.2) is 34.0 Å². The standard InChI is InChI=1S/C19H15BrN4O5/c1-29-14-8-6-13(7-9-14)24-17(26)15(16(25)23-19(24)28)10-21-18(27)22-12-4-2-11(20)3-5-12/h2-10,26H,1H3,(H,22,27)(H,23,25,28). The zero-order chi connectivity index (χ0) is 21.0. The Morgan fingerprint density at radius 3 is 2.45 bits per heavy atom. The fourth-order valence-electron chi connectivity index (χ4n) is 2.44. The molecule has 0 aliphatic carbocycles. The molecule has 0 unspecified atom stereocenters. The van der Waals surface area contributed by atoms with E-state index in [0.717, 1.165) is 15.3 Å². The lowest BCUT2D eigenvalue weighted by Gasteiger charge is -2.10. The van der Waals surface area contributed by atoms with Crippen molar-refractivity contribution in [1.82, 2.24) is 9.55 Å². The fourth-order valence-corrected chi connectivity index (χ4v) is 2.70. The van der Waals surface area contributed by atoms with E-state index in [9.17, 15) is 19.5 Å². The van der Waals surface area contributed by atoms with Gasteiger partial charge in [0.2, 0.25) is 5.88 Å². The maximum atomic E-state index is 12.2. The number of halogens is 1. The number of nitrogens with one attached hydrogen (secondary N) is 2. The summed E-state index contributed by atoms with van der Waals surface area (Å²) in [7, 11) is 1.49. The molecule has 0 radical (unpaired) electrons. The maximum absolute atomic E-state index is 12.2. The number of carbonyl (C=O) groups is 1. The van der Waals surface area contributed by atoms with Crippen molar-refractivity contribution in [2.45, 2.75) is 0 Å². The first-order chi connectivity index (χ1) is 13.9. The SMILES string of the molecule is COc1ccc(-n2c(O)c(C=NC(=O)Nc3ccc(Br)cc3)c(=O)[nH]c2=O)cc1. The van der Waals surface area contributed by atoms with Crippen LogP contribution in [0.5, 0.6) is 11.6 Å². The van der Waals surface area contributed by atoms with Crippen LogP contribution in [0.1, 0.15) is 5.56 Å². The van der Waals surface area contributed by atoms with E-state index in [-0.39, 0.29) is 5.56 Å². The van der Waals surface area contributed by atoms with Crippen LogP contribution in [0.3, 0.4) is 0 Å². The van der Waals surface area contributed by atoms with Crippen molar-refractivity contribution in [3.8, 4) is 17.3 Å². The third-order valence-electron chi connectivity index (χ3n) is 3.86. The number of hydrogen-bond acceptors (Lipinski definition) is 5. The number of aliphatic imine (C=N–C) groups is 1. The van der Waals surface area contributed by atoms with E-state index in [0.29, 0.717) is 17.1 Å². The van der Waals surface area contributed by atoms with Crippen molar-refractivity contribution in [3.05, 3.63) is 79.4 Å². The first-order valence-electron chi connectivity index (χ1n) is 8.22. The summed E-state index contributed by atoms with van der Waals surface area (Å²) < 4.78 is 6.78. The Morgan fingerprint density at radius 1 is 1.17 bits per heavy atom. The molecule has 3 rings (SSSR count). The minimum absolute atomic E-state index is 0.290. The molecule has 2 aromatic carbocycles. The van der Waals surface area contributed by atoms with Gasteiger partial charge in [-0.3, -0.25) is 9.78 Å². The second-order valence-electron chi connectivity index (χ2n) is 5.73. The maximum Gasteiger partial charge on any atom is 0.345 e. The summed E-state index contributed by atoms with van der Waals surface area (Å²) >= 11 is 3.29. The lowest BCUT2D eigenvalue weighted by atomic mass is 10.2. The molecule has 0 spiro atoms. The number of ether oxygens (including phenoxy) is 1. The van der Waals surface area contributed by atoms with Crippen molar-refractivity contribution >= 4 is 33.9 Å². The number of rotatable bonds is 4. The molecule has 1 heterocycles. The molecule has 0 bridgehead atoms. The number of H-pyrrole nitrogens is 1. The van der Waals surface area contributed by atoms with Gasteiger partial charge in [-0.2, -0.15) is 0 Å². The molecular weight excluding hydrogens is 444 g/mol. The normalized spacial score (nSPS) is 10.8. The Hall–Kier alpha value is -3.66. The van der Waals surface area contributed by atoms with Crippen molar-refractivity contribution < 1.29 is 14.6 Å². The zero-order valence-electron chi connectivity index (χ0n) is 15.0. The first kappa shape index (κ1) is 20.1. The molecule has 2 amide bonds. The molecule has 148 valence electrons. The average molecular weight is 459 g/mol. The highest BCUT2D eigenvalue weighted by Crippen LogP contribution is 2.19. The summed E-state index contributed by atoms with van der Waals surface area (Å²) in [6.07, 6.45) is 0.891. The molecule has 3 aromatic rings. The molecule has 10 heteroatoms. The summed E-state index contributed by atoms with van der Waals surface area (Å²) in [5, 5.41) is 13.0. The van der Waals surface area contributed by atoms with Gasteiger partial charge >= 0.3 is 11.7 Å². The molecule has 0 aliphatic heterocycles. The van der Waals surface area contributed by atoms with Crippen LogP contribution in [0.25, 0.3) is 5.69 Å². The Labute approximate surface area is 172 Å². The minimum atomic E-state index is -0.877. The quantitative estimate of drug-likeness (QED) is 0.518. The molecule has 1 aromatic heterocycles. The minimum Gasteiger partial charge on any atom is -0.497 e. The molecule has 29 heavy (non-hydrogen) atoms. The Bertz CT molecular complexity index is 1180. The Kier molecular flexibility index (Phi) is 5.93. The second-order valence-corrected chi connectivity index (χ2v) is 6.64. The number of aromatic hydroxyl groups is 1. The molecule has 3 N–H and O–H groups in total. The van der Waals surface area contributed by atoms with E-state index in [4.69, 9.17) is 4.74 Å². The fraction of sp³-hybridized carbons (Fsp3) is 0.0526. The van der Waals surface area contributed by atoms with E-state index in [2.05, 4.69) is 31.2 Å². The number of aromatic amines is 1. The highest BCUT2D eigenvalue weighted by atomic mass is 79.9. The lowest BCUT2D eigenvalue weighted by Crippen LogP contribution is -2.31. The number of methoxy groups -OCH3 is 1. The summed E-state index contributed by atoms with van der Waals surface area (Å²) in [4.78, 5) is 41.9. The topological polar surface area (TPSA) is 126 Å². The Morgan fingerprint density at radius 2 is 1.83 bits per heavy atom. The van der Waals surface area contributed by atoms with Crippen LogP contribution in [0, 0.1) is 0 Å². The predicted molar refractivity (Wildman–Crippen MR) is 112 cm³/mol. The van der Waals surface area contributed by atoms with Gasteiger partial charge < -0.3 is 15.2 Å². The molecule has 0 atom stereocenters. The lowest BCUT2D eigenvalue weighted by molar-refractivity contribution is 0.259. The van der Waals surface area contributed by atoms with Crippen LogP contribution in [0.2, 0.25) is 0 Å². The van der Waals surface area contributed by atoms with Crippen LogP contribution in [-0.2, 0) is 0 Å². The van der Waals surface area contributed by atoms with E-state index < -0.39 is 23.2 Å².